The van der Waals surface area contributed by atoms with Gasteiger partial charge in [-0.1, -0.05) is 42.0 Å². The Hall–Kier alpha value is -1.08. The van der Waals surface area contributed by atoms with E-state index in [1.54, 1.807) is 0 Å². The minimum absolute atomic E-state index is 0.436. The van der Waals surface area contributed by atoms with Crippen molar-refractivity contribution in [2.75, 3.05) is 6.54 Å². The van der Waals surface area contributed by atoms with E-state index in [4.69, 9.17) is 0 Å². The van der Waals surface area contributed by atoms with E-state index in [-0.39, 0.29) is 0 Å². The van der Waals surface area contributed by atoms with Crippen LogP contribution in [0.4, 0.5) is 0 Å². The molecule has 0 saturated carbocycles. The van der Waals surface area contributed by atoms with Crippen LogP contribution in [-0.4, -0.2) is 6.54 Å². The molecule has 1 N–H and O–H groups in total. The van der Waals surface area contributed by atoms with Crippen molar-refractivity contribution in [1.29, 1.82) is 0 Å². The first-order valence-corrected chi connectivity index (χ1v) is 4.32. The maximum atomic E-state index is 3.43. The monoisotopic (exact) mass is 159 g/mol. The molecule has 1 unspecified atom stereocenters. The Morgan fingerprint density at radius 2 is 2.00 bits per heavy atom. The lowest BCUT2D eigenvalue weighted by Crippen LogP contribution is -2.14. The Morgan fingerprint density at radius 3 is 2.58 bits per heavy atom. The minimum atomic E-state index is 0.436. The molecule has 0 radical (unpaired) electrons. The second-order valence-electron chi connectivity index (χ2n) is 3.28. The summed E-state index contributed by atoms with van der Waals surface area (Å²) in [5.41, 5.74) is 2.79. The fourth-order valence-corrected chi connectivity index (χ4v) is 1.55. The van der Waals surface area contributed by atoms with Crippen LogP contribution >= 0.6 is 0 Å². The molecule has 0 saturated heterocycles. The van der Waals surface area contributed by atoms with Gasteiger partial charge in [-0.25, -0.2) is 0 Å². The third-order valence-corrected chi connectivity index (χ3v) is 2.21. The Kier molecular flexibility index (Phi) is 1.96. The molecule has 0 aliphatic carbocycles. The smallest absolute Gasteiger partial charge is 0.0511 e. The molecular formula is C11H13N. The molecule has 1 aromatic rings. The lowest BCUT2D eigenvalue weighted by Gasteiger charge is -2.07. The number of hydrogen-bond donors (Lipinski definition) is 1. The Bertz CT molecular complexity index is 287. The molecule has 1 atom stereocenters. The molecule has 1 heterocycles. The molecule has 62 valence electrons. The molecule has 1 aromatic carbocycles. The fourth-order valence-electron chi connectivity index (χ4n) is 1.55. The zero-order chi connectivity index (χ0) is 8.39. The lowest BCUT2D eigenvalue weighted by molar-refractivity contribution is 0.708. The Balaban J connectivity index is 2.22. The molecular weight excluding hydrogens is 146 g/mol. The van der Waals surface area contributed by atoms with Crippen LogP contribution in [-0.2, 0) is 0 Å². The standard InChI is InChI=1S/C11H13N/c1-9-7-11(12-8-9)10-5-3-2-4-6-10/h2-7,11-12H,8H2,1H3. The van der Waals surface area contributed by atoms with Crippen LogP contribution < -0.4 is 5.32 Å². The highest BCUT2D eigenvalue weighted by molar-refractivity contribution is 5.27. The summed E-state index contributed by atoms with van der Waals surface area (Å²) in [6.07, 6.45) is 2.29. The van der Waals surface area contributed by atoms with Crippen LogP contribution in [0.25, 0.3) is 0 Å². The van der Waals surface area contributed by atoms with Gasteiger partial charge in [0, 0.05) is 6.54 Å². The lowest BCUT2D eigenvalue weighted by atomic mass is 10.1. The van der Waals surface area contributed by atoms with E-state index in [0.717, 1.165) is 6.54 Å². The summed E-state index contributed by atoms with van der Waals surface area (Å²) in [6.45, 7) is 3.19. The van der Waals surface area contributed by atoms with Gasteiger partial charge in [0.2, 0.25) is 0 Å². The van der Waals surface area contributed by atoms with Gasteiger partial charge < -0.3 is 5.32 Å². The SMILES string of the molecule is CC1=CC(c2ccccc2)NC1. The van der Waals surface area contributed by atoms with Gasteiger partial charge in [0.25, 0.3) is 0 Å². The first kappa shape index (κ1) is 7.56. The van der Waals surface area contributed by atoms with Gasteiger partial charge >= 0.3 is 0 Å². The van der Waals surface area contributed by atoms with E-state index in [2.05, 4.69) is 48.6 Å². The van der Waals surface area contributed by atoms with Gasteiger partial charge in [0.1, 0.15) is 0 Å². The number of hydrogen-bond acceptors (Lipinski definition) is 1. The van der Waals surface area contributed by atoms with Crippen LogP contribution in [0.1, 0.15) is 18.5 Å². The van der Waals surface area contributed by atoms with E-state index >= 15 is 0 Å². The number of benzene rings is 1. The fraction of sp³-hybridized carbons (Fsp3) is 0.273. The van der Waals surface area contributed by atoms with Crippen molar-refractivity contribution in [3.8, 4) is 0 Å². The molecule has 12 heavy (non-hydrogen) atoms. The van der Waals surface area contributed by atoms with Gasteiger partial charge in [-0.3, -0.25) is 0 Å². The van der Waals surface area contributed by atoms with Gasteiger partial charge in [-0.05, 0) is 12.5 Å². The van der Waals surface area contributed by atoms with E-state index in [0.29, 0.717) is 6.04 Å². The van der Waals surface area contributed by atoms with Crippen LogP contribution in [0, 0.1) is 0 Å². The second-order valence-corrected chi connectivity index (χ2v) is 3.28. The predicted octanol–water partition coefficient (Wildman–Crippen LogP) is 2.28. The highest BCUT2D eigenvalue weighted by Crippen LogP contribution is 2.19. The third-order valence-electron chi connectivity index (χ3n) is 2.21. The second kappa shape index (κ2) is 3.11. The van der Waals surface area contributed by atoms with Gasteiger partial charge in [0.05, 0.1) is 6.04 Å². The summed E-state index contributed by atoms with van der Waals surface area (Å²) in [7, 11) is 0. The molecule has 0 amide bonds. The quantitative estimate of drug-likeness (QED) is 0.620. The molecule has 0 fully saturated rings. The predicted molar refractivity (Wildman–Crippen MR) is 50.9 cm³/mol. The number of nitrogens with one attached hydrogen (secondary N) is 1. The average molecular weight is 159 g/mol. The summed E-state index contributed by atoms with van der Waals surface area (Å²) in [5, 5.41) is 3.43. The molecule has 1 nitrogen and oxygen atoms in total. The molecule has 1 aliphatic heterocycles. The van der Waals surface area contributed by atoms with Crippen LogP contribution in [0.3, 0.4) is 0 Å². The van der Waals surface area contributed by atoms with Crippen molar-refractivity contribution in [2.45, 2.75) is 13.0 Å². The molecule has 1 aliphatic rings. The molecule has 0 aromatic heterocycles. The normalized spacial score (nSPS) is 22.4. The molecule has 1 heteroatoms. The topological polar surface area (TPSA) is 12.0 Å². The highest BCUT2D eigenvalue weighted by Gasteiger charge is 2.12. The third kappa shape index (κ3) is 1.41. The summed E-state index contributed by atoms with van der Waals surface area (Å²) in [5.74, 6) is 0. The van der Waals surface area contributed by atoms with Crippen molar-refractivity contribution in [3.05, 3.63) is 47.5 Å². The van der Waals surface area contributed by atoms with Crippen LogP contribution in [0.2, 0.25) is 0 Å². The van der Waals surface area contributed by atoms with Gasteiger partial charge in [-0.15, -0.1) is 0 Å². The Morgan fingerprint density at radius 1 is 1.25 bits per heavy atom. The zero-order valence-electron chi connectivity index (χ0n) is 7.25. The summed E-state index contributed by atoms with van der Waals surface area (Å²) < 4.78 is 0. The zero-order valence-corrected chi connectivity index (χ0v) is 7.25. The highest BCUT2D eigenvalue weighted by atomic mass is 14.9. The van der Waals surface area contributed by atoms with E-state index in [1.165, 1.54) is 11.1 Å². The molecule has 0 bridgehead atoms. The summed E-state index contributed by atoms with van der Waals surface area (Å²) >= 11 is 0. The van der Waals surface area contributed by atoms with Crippen molar-refractivity contribution in [1.82, 2.24) is 5.32 Å². The maximum Gasteiger partial charge on any atom is 0.0511 e. The van der Waals surface area contributed by atoms with Crippen LogP contribution in [0.15, 0.2) is 42.0 Å². The summed E-state index contributed by atoms with van der Waals surface area (Å²) in [4.78, 5) is 0. The van der Waals surface area contributed by atoms with Crippen LogP contribution in [0.5, 0.6) is 0 Å². The molecule has 0 spiro atoms. The molecule has 2 rings (SSSR count). The van der Waals surface area contributed by atoms with E-state index in [1.807, 2.05) is 0 Å². The van der Waals surface area contributed by atoms with Gasteiger partial charge in [-0.2, -0.15) is 0 Å². The van der Waals surface area contributed by atoms with E-state index < -0.39 is 0 Å². The maximum absolute atomic E-state index is 3.43. The van der Waals surface area contributed by atoms with E-state index in [9.17, 15) is 0 Å². The summed E-state index contributed by atoms with van der Waals surface area (Å²) in [6, 6.07) is 11.0. The average Bonchev–Trinajstić information content (AvgIpc) is 2.54. The number of rotatable bonds is 1. The largest absolute Gasteiger partial charge is 0.303 e. The van der Waals surface area contributed by atoms with Crippen molar-refractivity contribution in [2.24, 2.45) is 0 Å². The Labute approximate surface area is 73.1 Å². The first-order valence-electron chi connectivity index (χ1n) is 4.32. The van der Waals surface area contributed by atoms with Crippen molar-refractivity contribution >= 4 is 0 Å². The van der Waals surface area contributed by atoms with Crippen molar-refractivity contribution in [3.63, 3.8) is 0 Å². The minimum Gasteiger partial charge on any atom is -0.303 e. The first-order chi connectivity index (χ1) is 5.86. The van der Waals surface area contributed by atoms with Crippen molar-refractivity contribution < 1.29 is 0 Å². The van der Waals surface area contributed by atoms with Gasteiger partial charge in [0.15, 0.2) is 0 Å².